The minimum Gasteiger partial charge on any atom is -0.389 e. The monoisotopic (exact) mass is 351 g/mol. The fraction of sp³-hybridized carbons (Fsp3) is 0.636. The molecule has 0 saturated heterocycles. The van der Waals surface area contributed by atoms with Gasteiger partial charge in [0.2, 0.25) is 0 Å². The molecule has 1 aromatic carbocycles. The van der Waals surface area contributed by atoms with E-state index in [2.05, 4.69) is 35.0 Å². The molecule has 5 rings (SSSR count). The van der Waals surface area contributed by atoms with Gasteiger partial charge in [0.05, 0.1) is 23.0 Å². The predicted octanol–water partition coefficient (Wildman–Crippen LogP) is 5.54. The first-order valence-electron chi connectivity index (χ1n) is 10.5. The van der Waals surface area contributed by atoms with Crippen molar-refractivity contribution in [2.75, 3.05) is 0 Å². The number of aryl methyl sites for hydroxylation is 1. The predicted molar refractivity (Wildman–Crippen MR) is 105 cm³/mol. The third-order valence-corrected chi connectivity index (χ3v) is 6.73. The van der Waals surface area contributed by atoms with Crippen molar-refractivity contribution in [1.29, 1.82) is 0 Å². The van der Waals surface area contributed by atoms with Gasteiger partial charge in [0, 0.05) is 17.4 Å². The van der Waals surface area contributed by atoms with Gasteiger partial charge < -0.3 is 4.84 Å². The van der Waals surface area contributed by atoms with Crippen LogP contribution in [0.3, 0.4) is 0 Å². The topological polar surface area (TPSA) is 39.4 Å². The van der Waals surface area contributed by atoms with Crippen molar-refractivity contribution in [1.82, 2.24) is 9.78 Å². The van der Waals surface area contributed by atoms with E-state index in [4.69, 9.17) is 9.94 Å². The van der Waals surface area contributed by atoms with Gasteiger partial charge in [-0.15, -0.1) is 0 Å². The van der Waals surface area contributed by atoms with Crippen molar-refractivity contribution < 1.29 is 4.84 Å². The van der Waals surface area contributed by atoms with Crippen LogP contribution in [-0.2, 0) is 11.3 Å². The molecule has 0 unspecified atom stereocenters. The number of hydrogen-bond donors (Lipinski definition) is 0. The molecular weight excluding hydrogens is 322 g/mol. The lowest BCUT2D eigenvalue weighted by Crippen LogP contribution is -2.31. The average Bonchev–Trinajstić information content (AvgIpc) is 3.40. The van der Waals surface area contributed by atoms with E-state index < -0.39 is 0 Å². The maximum atomic E-state index is 5.98. The number of hydrogen-bond acceptors (Lipinski definition) is 3. The normalized spacial score (nSPS) is 22.9. The summed E-state index contributed by atoms with van der Waals surface area (Å²) in [6.45, 7) is 2.20. The number of rotatable bonds is 3. The number of aromatic nitrogens is 2. The Kier molecular flexibility index (Phi) is 4.02. The average molecular weight is 351 g/mol. The molecule has 1 aliphatic heterocycles. The highest BCUT2D eigenvalue weighted by Crippen LogP contribution is 2.40. The summed E-state index contributed by atoms with van der Waals surface area (Å²) < 4.78 is 2.32. The molecule has 1 aromatic heterocycles. The summed E-state index contributed by atoms with van der Waals surface area (Å²) in [5.41, 5.74) is 4.86. The molecule has 0 atom stereocenters. The Morgan fingerprint density at radius 2 is 1.92 bits per heavy atom. The highest BCUT2D eigenvalue weighted by molar-refractivity contribution is 6.04. The van der Waals surface area contributed by atoms with Gasteiger partial charge in [0.25, 0.3) is 0 Å². The lowest BCUT2D eigenvalue weighted by atomic mass is 9.81. The van der Waals surface area contributed by atoms with E-state index in [0.717, 1.165) is 31.4 Å². The van der Waals surface area contributed by atoms with Crippen LogP contribution in [0, 0.1) is 0 Å². The van der Waals surface area contributed by atoms with Crippen molar-refractivity contribution in [2.45, 2.75) is 89.2 Å². The van der Waals surface area contributed by atoms with E-state index in [1.807, 2.05) is 0 Å². The summed E-state index contributed by atoms with van der Waals surface area (Å²) in [6, 6.07) is 7.38. The smallest absolute Gasteiger partial charge is 0.143 e. The van der Waals surface area contributed by atoms with E-state index in [9.17, 15) is 0 Å². The summed E-state index contributed by atoms with van der Waals surface area (Å²) in [5, 5.41) is 10.8. The van der Waals surface area contributed by atoms with Gasteiger partial charge in [-0.1, -0.05) is 43.5 Å². The van der Waals surface area contributed by atoms with Crippen molar-refractivity contribution in [3.63, 3.8) is 0 Å². The van der Waals surface area contributed by atoms with Crippen LogP contribution in [0.5, 0.6) is 0 Å². The van der Waals surface area contributed by atoms with E-state index in [-0.39, 0.29) is 5.60 Å². The molecular formula is C22H29N3O. The summed E-state index contributed by atoms with van der Waals surface area (Å²) in [5.74, 6) is 0. The maximum Gasteiger partial charge on any atom is 0.143 e. The molecule has 4 nitrogen and oxygen atoms in total. The van der Waals surface area contributed by atoms with Gasteiger partial charge in [-0.25, -0.2) is 0 Å². The summed E-state index contributed by atoms with van der Waals surface area (Å²) in [7, 11) is 0. The third kappa shape index (κ3) is 2.65. The third-order valence-electron chi connectivity index (χ3n) is 6.73. The molecule has 138 valence electrons. The Hall–Kier alpha value is -1.84. The zero-order valence-corrected chi connectivity index (χ0v) is 15.8. The Balaban J connectivity index is 1.50. The highest BCUT2D eigenvalue weighted by atomic mass is 16.7. The van der Waals surface area contributed by atoms with Crippen molar-refractivity contribution in [3.8, 4) is 0 Å². The van der Waals surface area contributed by atoms with Gasteiger partial charge in [-0.3, -0.25) is 4.68 Å². The molecule has 2 fully saturated rings. The SMILES string of the molecule is CCc1nn(C2CCCC2)c2cc(C3=NOC4(CCCCC4)C3)ccc12. The Morgan fingerprint density at radius 1 is 1.12 bits per heavy atom. The first-order valence-corrected chi connectivity index (χ1v) is 10.5. The van der Waals surface area contributed by atoms with E-state index in [0.29, 0.717) is 6.04 Å². The van der Waals surface area contributed by atoms with E-state index in [1.165, 1.54) is 67.1 Å². The first-order chi connectivity index (χ1) is 12.8. The molecule has 0 N–H and O–H groups in total. The molecule has 0 radical (unpaired) electrons. The molecule has 26 heavy (non-hydrogen) atoms. The van der Waals surface area contributed by atoms with Crippen LogP contribution in [0.2, 0.25) is 0 Å². The molecule has 1 spiro atoms. The minimum atomic E-state index is -0.0111. The standard InChI is InChI=1S/C22H29N3O/c1-2-19-18-11-10-16(14-21(18)25(23-19)17-8-4-5-9-17)20-15-22(26-24-20)12-6-3-7-13-22/h10-11,14,17H,2-9,12-13,15H2,1H3. The van der Waals surface area contributed by atoms with Gasteiger partial charge in [0.15, 0.2) is 0 Å². The van der Waals surface area contributed by atoms with E-state index >= 15 is 0 Å². The second kappa shape index (κ2) is 6.40. The Labute approximate surface area is 155 Å². The van der Waals surface area contributed by atoms with Crippen molar-refractivity contribution in [3.05, 3.63) is 29.5 Å². The summed E-state index contributed by atoms with van der Waals surface area (Å²) >= 11 is 0. The minimum absolute atomic E-state index is 0.0111. The number of fused-ring (bicyclic) bond motifs is 1. The molecule has 0 bridgehead atoms. The molecule has 2 heterocycles. The number of oxime groups is 1. The van der Waals surface area contributed by atoms with E-state index in [1.54, 1.807) is 0 Å². The van der Waals surface area contributed by atoms with Gasteiger partial charge in [0.1, 0.15) is 5.60 Å². The fourth-order valence-corrected chi connectivity index (χ4v) is 5.21. The van der Waals surface area contributed by atoms with Crippen LogP contribution in [0.1, 0.15) is 88.4 Å². The molecule has 2 aliphatic carbocycles. The van der Waals surface area contributed by atoms with Gasteiger partial charge in [-0.05, 0) is 51.0 Å². The van der Waals surface area contributed by atoms with Crippen molar-refractivity contribution in [2.24, 2.45) is 5.16 Å². The van der Waals surface area contributed by atoms with Crippen molar-refractivity contribution >= 4 is 16.6 Å². The van der Waals surface area contributed by atoms with Crippen LogP contribution in [0.15, 0.2) is 23.4 Å². The Bertz CT molecular complexity index is 838. The largest absolute Gasteiger partial charge is 0.389 e. The Morgan fingerprint density at radius 3 is 2.69 bits per heavy atom. The first kappa shape index (κ1) is 16.3. The molecule has 4 heteroatoms. The van der Waals surface area contributed by atoms with Crippen LogP contribution < -0.4 is 0 Å². The summed E-state index contributed by atoms with van der Waals surface area (Å²) in [4.78, 5) is 5.98. The van der Waals surface area contributed by atoms with Crippen LogP contribution in [0.4, 0.5) is 0 Å². The molecule has 2 saturated carbocycles. The lowest BCUT2D eigenvalue weighted by molar-refractivity contribution is -0.0449. The van der Waals surface area contributed by atoms with Gasteiger partial charge >= 0.3 is 0 Å². The quantitative estimate of drug-likeness (QED) is 0.728. The highest BCUT2D eigenvalue weighted by Gasteiger charge is 2.40. The number of benzene rings is 1. The zero-order valence-electron chi connectivity index (χ0n) is 15.8. The number of nitrogens with zero attached hydrogens (tertiary/aromatic N) is 3. The lowest BCUT2D eigenvalue weighted by Gasteiger charge is -2.30. The van der Waals surface area contributed by atoms with Crippen LogP contribution >= 0.6 is 0 Å². The van der Waals surface area contributed by atoms with Crippen LogP contribution in [-0.4, -0.2) is 21.1 Å². The van der Waals surface area contributed by atoms with Crippen LogP contribution in [0.25, 0.3) is 10.9 Å². The maximum absolute atomic E-state index is 5.98. The summed E-state index contributed by atoms with van der Waals surface area (Å²) in [6.07, 6.45) is 13.3. The molecule has 0 amide bonds. The second-order valence-electron chi connectivity index (χ2n) is 8.46. The second-order valence-corrected chi connectivity index (χ2v) is 8.46. The molecule has 2 aromatic rings. The zero-order chi connectivity index (χ0) is 17.6. The molecule has 3 aliphatic rings. The van der Waals surface area contributed by atoms with Gasteiger partial charge in [-0.2, -0.15) is 5.10 Å². The fourth-order valence-electron chi connectivity index (χ4n) is 5.21.